The van der Waals surface area contributed by atoms with E-state index in [0.717, 1.165) is 5.69 Å². The molecule has 16 heavy (non-hydrogen) atoms. The molecule has 0 bridgehead atoms. The first kappa shape index (κ1) is 10.8. The Morgan fingerprint density at radius 1 is 1.31 bits per heavy atom. The smallest absolute Gasteiger partial charge is 0.265 e. The Balaban J connectivity index is 2.48. The van der Waals surface area contributed by atoms with E-state index in [1.807, 2.05) is 19.1 Å². The van der Waals surface area contributed by atoms with Gasteiger partial charge in [0.15, 0.2) is 0 Å². The van der Waals surface area contributed by atoms with E-state index in [0.29, 0.717) is 17.1 Å². The van der Waals surface area contributed by atoms with Gasteiger partial charge in [0.05, 0.1) is 5.69 Å². The van der Waals surface area contributed by atoms with Crippen LogP contribution in [0.5, 0.6) is 0 Å². The summed E-state index contributed by atoms with van der Waals surface area (Å²) >= 11 is 5.79. The van der Waals surface area contributed by atoms with Crippen LogP contribution >= 0.6 is 11.6 Å². The molecule has 0 atom stereocenters. The summed E-state index contributed by atoms with van der Waals surface area (Å²) in [6.07, 6.45) is 1.98. The van der Waals surface area contributed by atoms with Gasteiger partial charge in [0.1, 0.15) is 12.0 Å². The second-order valence-electron chi connectivity index (χ2n) is 3.27. The highest BCUT2D eigenvalue weighted by Gasteiger charge is 2.02. The lowest BCUT2D eigenvalue weighted by atomic mass is 10.3. The first-order valence-electron chi connectivity index (χ1n) is 4.91. The van der Waals surface area contributed by atoms with Gasteiger partial charge in [-0.3, -0.25) is 4.79 Å². The molecule has 0 radical (unpaired) electrons. The Labute approximate surface area is 97.5 Å². The van der Waals surface area contributed by atoms with E-state index >= 15 is 0 Å². The topological polar surface area (TPSA) is 47.8 Å². The fourth-order valence-corrected chi connectivity index (χ4v) is 1.45. The van der Waals surface area contributed by atoms with Gasteiger partial charge in [-0.05, 0) is 30.7 Å². The van der Waals surface area contributed by atoms with E-state index in [9.17, 15) is 4.79 Å². The van der Waals surface area contributed by atoms with Crippen LogP contribution in [-0.2, 0) is 6.42 Å². The van der Waals surface area contributed by atoms with Crippen LogP contribution in [0, 0.1) is 0 Å². The Bertz CT molecular complexity index is 548. The summed E-state index contributed by atoms with van der Waals surface area (Å²) in [5.41, 5.74) is 1.01. The molecule has 0 aliphatic heterocycles. The Hall–Kier alpha value is -1.68. The SMILES string of the molecule is CCc1nn(-c2ccc(Cl)cc2)cnc1=O. The van der Waals surface area contributed by atoms with Gasteiger partial charge >= 0.3 is 0 Å². The highest BCUT2D eigenvalue weighted by molar-refractivity contribution is 6.30. The lowest BCUT2D eigenvalue weighted by Crippen LogP contribution is -2.19. The third-order valence-electron chi connectivity index (χ3n) is 2.19. The van der Waals surface area contributed by atoms with Crippen molar-refractivity contribution >= 4 is 11.6 Å². The summed E-state index contributed by atoms with van der Waals surface area (Å²) in [6, 6.07) is 7.17. The van der Waals surface area contributed by atoms with Gasteiger partial charge in [-0.1, -0.05) is 18.5 Å². The maximum absolute atomic E-state index is 11.3. The second kappa shape index (κ2) is 4.45. The molecule has 1 heterocycles. The normalized spacial score (nSPS) is 10.4. The predicted octanol–water partition coefficient (Wildman–Crippen LogP) is 1.84. The minimum atomic E-state index is -0.271. The van der Waals surface area contributed by atoms with E-state index in [1.165, 1.54) is 6.33 Å². The number of benzene rings is 1. The third kappa shape index (κ3) is 2.12. The molecule has 0 fully saturated rings. The van der Waals surface area contributed by atoms with Crippen molar-refractivity contribution in [3.8, 4) is 5.69 Å². The number of rotatable bonds is 2. The van der Waals surface area contributed by atoms with Crippen molar-refractivity contribution in [2.75, 3.05) is 0 Å². The van der Waals surface area contributed by atoms with Crippen LogP contribution in [0.1, 0.15) is 12.6 Å². The first-order chi connectivity index (χ1) is 7.70. The van der Waals surface area contributed by atoms with Gasteiger partial charge in [0, 0.05) is 5.02 Å². The zero-order valence-electron chi connectivity index (χ0n) is 8.72. The fraction of sp³-hybridized carbons (Fsp3) is 0.182. The molecule has 0 N–H and O–H groups in total. The molecule has 2 rings (SSSR count). The lowest BCUT2D eigenvalue weighted by molar-refractivity contribution is 0.745. The zero-order valence-corrected chi connectivity index (χ0v) is 9.48. The monoisotopic (exact) mass is 235 g/mol. The van der Waals surface area contributed by atoms with E-state index in [1.54, 1.807) is 16.8 Å². The lowest BCUT2D eigenvalue weighted by Gasteiger charge is -2.05. The maximum Gasteiger partial charge on any atom is 0.294 e. The molecule has 2 aromatic rings. The standard InChI is InChI=1S/C11H10ClN3O/c1-2-10-11(16)13-7-15(14-10)9-5-3-8(12)4-6-9/h3-7H,2H2,1H3. The quantitative estimate of drug-likeness (QED) is 0.798. The molecule has 0 amide bonds. The molecule has 1 aromatic carbocycles. The molecule has 4 nitrogen and oxygen atoms in total. The maximum atomic E-state index is 11.3. The van der Waals surface area contributed by atoms with Crippen molar-refractivity contribution in [1.82, 2.24) is 14.8 Å². The van der Waals surface area contributed by atoms with E-state index in [4.69, 9.17) is 11.6 Å². The third-order valence-corrected chi connectivity index (χ3v) is 2.44. The van der Waals surface area contributed by atoms with Crippen LogP contribution in [0.25, 0.3) is 5.69 Å². The van der Waals surface area contributed by atoms with Crippen LogP contribution in [0.3, 0.4) is 0 Å². The number of nitrogens with zero attached hydrogens (tertiary/aromatic N) is 3. The molecule has 0 aliphatic rings. The van der Waals surface area contributed by atoms with Gasteiger partial charge in [0.2, 0.25) is 0 Å². The number of hydrogen-bond donors (Lipinski definition) is 0. The molecular formula is C11H10ClN3O. The summed E-state index contributed by atoms with van der Waals surface area (Å²) in [5, 5.41) is 4.85. The van der Waals surface area contributed by atoms with Gasteiger partial charge in [-0.2, -0.15) is 10.1 Å². The van der Waals surface area contributed by atoms with Crippen molar-refractivity contribution in [2.45, 2.75) is 13.3 Å². The number of hydrogen-bond acceptors (Lipinski definition) is 3. The number of halogens is 1. The average Bonchev–Trinajstić information content (AvgIpc) is 2.31. The molecule has 82 valence electrons. The van der Waals surface area contributed by atoms with Gasteiger partial charge < -0.3 is 0 Å². The molecule has 0 aliphatic carbocycles. The molecular weight excluding hydrogens is 226 g/mol. The molecule has 0 saturated carbocycles. The molecule has 0 saturated heterocycles. The highest BCUT2D eigenvalue weighted by atomic mass is 35.5. The van der Waals surface area contributed by atoms with E-state index in [2.05, 4.69) is 10.1 Å². The van der Waals surface area contributed by atoms with Crippen molar-refractivity contribution in [3.63, 3.8) is 0 Å². The summed E-state index contributed by atoms with van der Waals surface area (Å²) in [6.45, 7) is 1.87. The van der Waals surface area contributed by atoms with Gasteiger partial charge in [-0.15, -0.1) is 0 Å². The molecule has 5 heteroatoms. The summed E-state index contributed by atoms with van der Waals surface area (Å²) in [4.78, 5) is 15.0. The fourth-order valence-electron chi connectivity index (χ4n) is 1.32. The van der Waals surface area contributed by atoms with Crippen molar-refractivity contribution in [2.24, 2.45) is 0 Å². The van der Waals surface area contributed by atoms with E-state index < -0.39 is 0 Å². The van der Waals surface area contributed by atoms with Crippen molar-refractivity contribution < 1.29 is 0 Å². The minimum absolute atomic E-state index is 0.271. The minimum Gasteiger partial charge on any atom is -0.265 e. The van der Waals surface area contributed by atoms with Crippen LogP contribution in [0.4, 0.5) is 0 Å². The van der Waals surface area contributed by atoms with Gasteiger partial charge in [-0.25, -0.2) is 4.68 Å². The Kier molecular flexibility index (Phi) is 3.01. The van der Waals surface area contributed by atoms with Crippen molar-refractivity contribution in [3.05, 3.63) is 51.7 Å². The van der Waals surface area contributed by atoms with Crippen LogP contribution in [0.15, 0.2) is 35.4 Å². The van der Waals surface area contributed by atoms with Gasteiger partial charge in [0.25, 0.3) is 5.56 Å². The van der Waals surface area contributed by atoms with Crippen LogP contribution in [0.2, 0.25) is 5.02 Å². The summed E-state index contributed by atoms with van der Waals surface area (Å²) in [5.74, 6) is 0. The first-order valence-corrected chi connectivity index (χ1v) is 5.29. The Morgan fingerprint density at radius 3 is 2.62 bits per heavy atom. The Morgan fingerprint density at radius 2 is 2.00 bits per heavy atom. The summed E-state index contributed by atoms with van der Waals surface area (Å²) in [7, 11) is 0. The molecule has 1 aromatic heterocycles. The molecule has 0 unspecified atom stereocenters. The average molecular weight is 236 g/mol. The zero-order chi connectivity index (χ0) is 11.5. The molecule has 0 spiro atoms. The number of aryl methyl sites for hydroxylation is 1. The highest BCUT2D eigenvalue weighted by Crippen LogP contribution is 2.11. The van der Waals surface area contributed by atoms with E-state index in [-0.39, 0.29) is 5.56 Å². The van der Waals surface area contributed by atoms with Crippen molar-refractivity contribution in [1.29, 1.82) is 0 Å². The largest absolute Gasteiger partial charge is 0.294 e. The van der Waals surface area contributed by atoms with Crippen LogP contribution in [-0.4, -0.2) is 14.8 Å². The summed E-state index contributed by atoms with van der Waals surface area (Å²) < 4.78 is 1.57. The number of aromatic nitrogens is 3. The second-order valence-corrected chi connectivity index (χ2v) is 3.71. The predicted molar refractivity (Wildman–Crippen MR) is 62.0 cm³/mol. The van der Waals surface area contributed by atoms with Crippen LogP contribution < -0.4 is 5.56 Å².